The number of fused-ring (bicyclic) bond motifs is 1. The topological polar surface area (TPSA) is 65.0 Å². The van der Waals surface area contributed by atoms with Gasteiger partial charge in [-0.3, -0.25) is 4.99 Å². The molecule has 0 fully saturated rings. The summed E-state index contributed by atoms with van der Waals surface area (Å²) in [5, 5.41) is 0. The van der Waals surface area contributed by atoms with Gasteiger partial charge >= 0.3 is 0 Å². The van der Waals surface area contributed by atoms with Gasteiger partial charge < -0.3 is 9.47 Å². The molecule has 0 aromatic heterocycles. The van der Waals surface area contributed by atoms with E-state index in [0.717, 1.165) is 11.3 Å². The first-order valence-corrected chi connectivity index (χ1v) is 8.15. The Morgan fingerprint density at radius 2 is 1.76 bits per heavy atom. The Morgan fingerprint density at radius 3 is 2.48 bits per heavy atom. The van der Waals surface area contributed by atoms with Gasteiger partial charge in [0.1, 0.15) is 0 Å². The van der Waals surface area contributed by atoms with Gasteiger partial charge in [0.2, 0.25) is 6.79 Å². The van der Waals surface area contributed by atoms with E-state index >= 15 is 0 Å². The lowest BCUT2D eigenvalue weighted by Gasteiger charge is -1.99. The molecule has 0 bridgehead atoms. The normalized spacial score (nSPS) is 13.8. The van der Waals surface area contributed by atoms with Gasteiger partial charge in [-0.25, -0.2) is 8.42 Å². The molecule has 21 heavy (non-hydrogen) atoms. The van der Waals surface area contributed by atoms with E-state index in [2.05, 4.69) is 4.99 Å². The van der Waals surface area contributed by atoms with E-state index in [9.17, 15) is 8.42 Å². The Kier molecular flexibility index (Phi) is 3.39. The third-order valence-electron chi connectivity index (χ3n) is 3.02. The van der Waals surface area contributed by atoms with Crippen molar-refractivity contribution >= 4 is 21.7 Å². The van der Waals surface area contributed by atoms with Gasteiger partial charge in [-0.2, -0.15) is 0 Å². The highest BCUT2D eigenvalue weighted by Gasteiger charge is 2.12. The fourth-order valence-corrected chi connectivity index (χ4v) is 2.55. The summed E-state index contributed by atoms with van der Waals surface area (Å²) in [7, 11) is -3.18. The van der Waals surface area contributed by atoms with E-state index in [4.69, 9.17) is 9.47 Å². The van der Waals surface area contributed by atoms with Crippen LogP contribution in [0.4, 0.5) is 5.69 Å². The monoisotopic (exact) mass is 303 g/mol. The van der Waals surface area contributed by atoms with E-state index in [-0.39, 0.29) is 11.7 Å². The number of sulfone groups is 1. The van der Waals surface area contributed by atoms with Crippen molar-refractivity contribution in [1.29, 1.82) is 0 Å². The minimum absolute atomic E-state index is 0.239. The first kappa shape index (κ1) is 13.6. The van der Waals surface area contributed by atoms with Crippen molar-refractivity contribution in [2.45, 2.75) is 4.90 Å². The lowest BCUT2D eigenvalue weighted by atomic mass is 10.2. The van der Waals surface area contributed by atoms with E-state index in [1.165, 1.54) is 6.26 Å². The van der Waals surface area contributed by atoms with Crippen LogP contribution in [0.5, 0.6) is 11.5 Å². The number of hydrogen-bond donors (Lipinski definition) is 0. The van der Waals surface area contributed by atoms with Crippen molar-refractivity contribution in [1.82, 2.24) is 0 Å². The molecule has 3 rings (SSSR count). The van der Waals surface area contributed by atoms with Crippen LogP contribution in [-0.2, 0) is 9.84 Å². The molecule has 0 radical (unpaired) electrons. The maximum absolute atomic E-state index is 11.4. The zero-order chi connectivity index (χ0) is 14.9. The average molecular weight is 303 g/mol. The van der Waals surface area contributed by atoms with Crippen LogP contribution in [0.25, 0.3) is 0 Å². The van der Waals surface area contributed by atoms with Gasteiger partial charge in [0.15, 0.2) is 21.3 Å². The van der Waals surface area contributed by atoms with Gasteiger partial charge in [0.05, 0.1) is 10.6 Å². The Morgan fingerprint density at radius 1 is 1.05 bits per heavy atom. The molecule has 108 valence electrons. The highest BCUT2D eigenvalue weighted by molar-refractivity contribution is 7.90. The predicted molar refractivity (Wildman–Crippen MR) is 79.4 cm³/mol. The SMILES string of the molecule is CS(=O)(=O)c1ccc(N=Cc2ccc3c(c2)OCO3)cc1. The molecular weight excluding hydrogens is 290 g/mol. The summed E-state index contributed by atoms with van der Waals surface area (Å²) < 4.78 is 33.3. The van der Waals surface area contributed by atoms with Crippen molar-refractivity contribution in [3.05, 3.63) is 48.0 Å². The van der Waals surface area contributed by atoms with Crippen LogP contribution in [0.2, 0.25) is 0 Å². The molecule has 0 unspecified atom stereocenters. The summed E-state index contributed by atoms with van der Waals surface area (Å²) in [5.41, 5.74) is 1.56. The average Bonchev–Trinajstić information content (AvgIpc) is 2.92. The molecule has 1 aliphatic rings. The number of rotatable bonds is 3. The first-order chi connectivity index (χ1) is 10.0. The van der Waals surface area contributed by atoms with Crippen LogP contribution < -0.4 is 9.47 Å². The zero-order valence-electron chi connectivity index (χ0n) is 11.3. The van der Waals surface area contributed by atoms with Crippen LogP contribution in [-0.4, -0.2) is 27.7 Å². The van der Waals surface area contributed by atoms with Gasteiger partial charge in [-0.05, 0) is 48.0 Å². The number of aliphatic imine (C=N–C) groups is 1. The fraction of sp³-hybridized carbons (Fsp3) is 0.133. The van der Waals surface area contributed by atoms with Gasteiger partial charge in [0.25, 0.3) is 0 Å². The van der Waals surface area contributed by atoms with Crippen molar-refractivity contribution < 1.29 is 17.9 Å². The Hall–Kier alpha value is -2.34. The Bertz CT molecular complexity index is 795. The number of benzene rings is 2. The van der Waals surface area contributed by atoms with E-state index < -0.39 is 9.84 Å². The summed E-state index contributed by atoms with van der Waals surface area (Å²) >= 11 is 0. The number of nitrogens with zero attached hydrogens (tertiary/aromatic N) is 1. The van der Waals surface area contributed by atoms with Crippen LogP contribution in [0.3, 0.4) is 0 Å². The summed E-state index contributed by atoms with van der Waals surface area (Å²) in [6, 6.07) is 12.0. The van der Waals surface area contributed by atoms with Crippen LogP contribution in [0, 0.1) is 0 Å². The molecule has 0 saturated heterocycles. The molecule has 0 saturated carbocycles. The van der Waals surface area contributed by atoms with Crippen molar-refractivity contribution in [3.8, 4) is 11.5 Å². The lowest BCUT2D eigenvalue weighted by Crippen LogP contribution is -1.95. The molecule has 2 aromatic rings. The smallest absolute Gasteiger partial charge is 0.231 e. The second-order valence-corrected chi connectivity index (χ2v) is 6.65. The molecule has 1 heterocycles. The number of hydrogen-bond acceptors (Lipinski definition) is 5. The third-order valence-corrected chi connectivity index (χ3v) is 4.15. The summed E-state index contributed by atoms with van der Waals surface area (Å²) in [6.07, 6.45) is 2.87. The summed E-state index contributed by atoms with van der Waals surface area (Å²) in [4.78, 5) is 4.59. The van der Waals surface area contributed by atoms with Crippen LogP contribution in [0.1, 0.15) is 5.56 Å². The Labute approximate surface area is 122 Å². The van der Waals surface area contributed by atoms with Crippen molar-refractivity contribution in [2.24, 2.45) is 4.99 Å². The third kappa shape index (κ3) is 3.05. The summed E-state index contributed by atoms with van der Waals surface area (Å²) in [5.74, 6) is 1.43. The Balaban J connectivity index is 1.80. The maximum Gasteiger partial charge on any atom is 0.231 e. The first-order valence-electron chi connectivity index (χ1n) is 6.26. The summed E-state index contributed by atoms with van der Waals surface area (Å²) in [6.45, 7) is 0.239. The van der Waals surface area contributed by atoms with Gasteiger partial charge in [-0.1, -0.05) is 0 Å². The van der Waals surface area contributed by atoms with Crippen molar-refractivity contribution in [2.75, 3.05) is 13.0 Å². The largest absolute Gasteiger partial charge is 0.454 e. The van der Waals surface area contributed by atoms with Gasteiger partial charge in [-0.15, -0.1) is 0 Å². The number of ether oxygens (including phenoxy) is 2. The van der Waals surface area contributed by atoms with Crippen LogP contribution in [0.15, 0.2) is 52.4 Å². The molecule has 0 amide bonds. The van der Waals surface area contributed by atoms with E-state index in [1.807, 2.05) is 18.2 Å². The maximum atomic E-state index is 11.4. The van der Waals surface area contributed by atoms with Crippen LogP contribution >= 0.6 is 0 Å². The molecular formula is C15H13NO4S. The molecule has 2 aromatic carbocycles. The van der Waals surface area contributed by atoms with Gasteiger partial charge in [0, 0.05) is 12.5 Å². The second-order valence-electron chi connectivity index (χ2n) is 4.64. The van der Waals surface area contributed by atoms with Crippen molar-refractivity contribution in [3.63, 3.8) is 0 Å². The minimum Gasteiger partial charge on any atom is -0.454 e. The standard InChI is InChI=1S/C15H13NO4S/c1-21(17,18)13-5-3-12(4-6-13)16-9-11-2-7-14-15(8-11)20-10-19-14/h2-9H,10H2,1H3. The predicted octanol–water partition coefficient (Wildman–Crippen LogP) is 2.57. The molecule has 0 aliphatic carbocycles. The van der Waals surface area contributed by atoms with E-state index in [0.29, 0.717) is 11.4 Å². The molecule has 5 nitrogen and oxygen atoms in total. The highest BCUT2D eigenvalue weighted by atomic mass is 32.2. The quantitative estimate of drug-likeness (QED) is 0.817. The molecule has 6 heteroatoms. The zero-order valence-corrected chi connectivity index (χ0v) is 12.1. The second kappa shape index (κ2) is 5.21. The molecule has 0 N–H and O–H groups in total. The van der Waals surface area contributed by atoms with E-state index in [1.54, 1.807) is 30.5 Å². The molecule has 1 aliphatic heterocycles. The highest BCUT2D eigenvalue weighted by Crippen LogP contribution is 2.32. The molecule has 0 spiro atoms. The fourth-order valence-electron chi connectivity index (χ4n) is 1.92. The molecule has 0 atom stereocenters. The lowest BCUT2D eigenvalue weighted by molar-refractivity contribution is 0.174. The minimum atomic E-state index is -3.18.